The van der Waals surface area contributed by atoms with Crippen LogP contribution in [-0.4, -0.2) is 22.8 Å². The fourth-order valence-electron chi connectivity index (χ4n) is 1.09. The van der Waals surface area contributed by atoms with Crippen LogP contribution in [0, 0.1) is 11.8 Å². The predicted molar refractivity (Wildman–Crippen MR) is 30.9 cm³/mol. The minimum atomic E-state index is -0.722. The maximum atomic E-state index is 10.2. The largest absolute Gasteiger partial charge is 0.481 e. The zero-order chi connectivity index (χ0) is 6.85. The van der Waals surface area contributed by atoms with Gasteiger partial charge in [-0.05, 0) is 18.8 Å². The Balaban J connectivity index is 2.19. The normalized spacial score (nSPS) is 33.4. The molecule has 0 bridgehead atoms. The van der Waals surface area contributed by atoms with Gasteiger partial charge in [0.15, 0.2) is 0 Å². The number of carbonyl (C=O) groups is 1. The Morgan fingerprint density at radius 2 is 2.11 bits per heavy atom. The van der Waals surface area contributed by atoms with Crippen molar-refractivity contribution >= 4 is 5.97 Å². The summed E-state index contributed by atoms with van der Waals surface area (Å²) in [7, 11) is 0. The Morgan fingerprint density at radius 3 is 2.44 bits per heavy atom. The molecule has 0 aliphatic heterocycles. The third kappa shape index (κ3) is 1.21. The maximum absolute atomic E-state index is 10.2. The first-order valence-corrected chi connectivity index (χ1v) is 3.07. The average Bonchev–Trinajstić information content (AvgIpc) is 1.61. The van der Waals surface area contributed by atoms with E-state index in [9.17, 15) is 4.79 Å². The molecular weight excluding hydrogens is 120 g/mol. The molecule has 3 heteroatoms. The standard InChI is InChI=1S/C6H10O3/c7-3-4-1-5(2-4)6(8)9/h4-5,7H,1-3H2,(H,8,9)/t4-,5-. The van der Waals surface area contributed by atoms with Crippen LogP contribution in [0.3, 0.4) is 0 Å². The minimum absolute atomic E-state index is 0.143. The lowest BCUT2D eigenvalue weighted by atomic mass is 9.75. The van der Waals surface area contributed by atoms with Gasteiger partial charge in [0.1, 0.15) is 0 Å². The van der Waals surface area contributed by atoms with E-state index in [1.165, 1.54) is 0 Å². The van der Waals surface area contributed by atoms with E-state index in [1.807, 2.05) is 0 Å². The summed E-state index contributed by atoms with van der Waals surface area (Å²) < 4.78 is 0. The van der Waals surface area contributed by atoms with Crippen molar-refractivity contribution in [1.82, 2.24) is 0 Å². The van der Waals surface area contributed by atoms with Crippen molar-refractivity contribution in [3.05, 3.63) is 0 Å². The average molecular weight is 130 g/mol. The molecule has 0 amide bonds. The van der Waals surface area contributed by atoms with Crippen LogP contribution in [0.1, 0.15) is 12.8 Å². The van der Waals surface area contributed by atoms with Crippen molar-refractivity contribution in [2.45, 2.75) is 12.8 Å². The molecular formula is C6H10O3. The van der Waals surface area contributed by atoms with Crippen LogP contribution >= 0.6 is 0 Å². The molecule has 2 N–H and O–H groups in total. The highest BCUT2D eigenvalue weighted by molar-refractivity contribution is 5.71. The highest BCUT2D eigenvalue weighted by Gasteiger charge is 2.33. The van der Waals surface area contributed by atoms with Crippen LogP contribution in [0.2, 0.25) is 0 Å². The summed E-state index contributed by atoms with van der Waals surface area (Å²) in [4.78, 5) is 10.2. The number of carboxylic acid groups (broad SMARTS) is 1. The Hall–Kier alpha value is -0.570. The van der Waals surface area contributed by atoms with E-state index in [0.717, 1.165) is 0 Å². The molecule has 9 heavy (non-hydrogen) atoms. The fourth-order valence-corrected chi connectivity index (χ4v) is 1.09. The van der Waals surface area contributed by atoms with Gasteiger partial charge in [-0.1, -0.05) is 0 Å². The smallest absolute Gasteiger partial charge is 0.306 e. The predicted octanol–water partition coefficient (Wildman–Crippen LogP) is 0.0895. The van der Waals surface area contributed by atoms with Gasteiger partial charge in [-0.15, -0.1) is 0 Å². The highest BCUT2D eigenvalue weighted by atomic mass is 16.4. The van der Waals surface area contributed by atoms with Gasteiger partial charge in [0.2, 0.25) is 0 Å². The molecule has 0 spiro atoms. The maximum Gasteiger partial charge on any atom is 0.306 e. The van der Waals surface area contributed by atoms with Crippen molar-refractivity contribution in [3.8, 4) is 0 Å². The first-order valence-electron chi connectivity index (χ1n) is 3.07. The van der Waals surface area contributed by atoms with Crippen LogP contribution in [0.15, 0.2) is 0 Å². The second-order valence-corrected chi connectivity index (χ2v) is 2.56. The summed E-state index contributed by atoms with van der Waals surface area (Å²) >= 11 is 0. The van der Waals surface area contributed by atoms with Crippen LogP contribution in [-0.2, 0) is 4.79 Å². The van der Waals surface area contributed by atoms with Crippen molar-refractivity contribution in [2.75, 3.05) is 6.61 Å². The Kier molecular flexibility index (Phi) is 1.71. The van der Waals surface area contributed by atoms with Crippen LogP contribution in [0.5, 0.6) is 0 Å². The van der Waals surface area contributed by atoms with Gasteiger partial charge in [-0.3, -0.25) is 4.79 Å². The van der Waals surface area contributed by atoms with Crippen LogP contribution in [0.25, 0.3) is 0 Å². The van der Waals surface area contributed by atoms with Crippen molar-refractivity contribution < 1.29 is 15.0 Å². The number of aliphatic hydroxyl groups excluding tert-OH is 1. The lowest BCUT2D eigenvalue weighted by molar-refractivity contribution is -0.146. The van der Waals surface area contributed by atoms with Gasteiger partial charge in [-0.2, -0.15) is 0 Å². The molecule has 52 valence electrons. The van der Waals surface area contributed by atoms with Gasteiger partial charge in [0.05, 0.1) is 5.92 Å². The molecule has 0 radical (unpaired) electrons. The van der Waals surface area contributed by atoms with Gasteiger partial charge in [-0.25, -0.2) is 0 Å². The number of aliphatic carboxylic acids is 1. The summed E-state index contributed by atoms with van der Waals surface area (Å²) in [5, 5.41) is 16.9. The first-order chi connectivity index (χ1) is 4.24. The molecule has 1 aliphatic rings. The fraction of sp³-hybridized carbons (Fsp3) is 0.833. The summed E-state index contributed by atoms with van der Waals surface area (Å²) in [6.07, 6.45) is 1.32. The number of hydrogen-bond acceptors (Lipinski definition) is 2. The van der Waals surface area contributed by atoms with Crippen LogP contribution in [0.4, 0.5) is 0 Å². The monoisotopic (exact) mass is 130 g/mol. The number of rotatable bonds is 2. The highest BCUT2D eigenvalue weighted by Crippen LogP contribution is 2.32. The van der Waals surface area contributed by atoms with E-state index in [4.69, 9.17) is 10.2 Å². The molecule has 1 aliphatic carbocycles. The van der Waals surface area contributed by atoms with Crippen molar-refractivity contribution in [2.24, 2.45) is 11.8 Å². The number of aliphatic hydroxyl groups is 1. The lowest BCUT2D eigenvalue weighted by Gasteiger charge is -2.30. The molecule has 0 unspecified atom stereocenters. The molecule has 0 atom stereocenters. The van der Waals surface area contributed by atoms with Crippen molar-refractivity contribution in [3.63, 3.8) is 0 Å². The molecule has 3 nitrogen and oxygen atoms in total. The second-order valence-electron chi connectivity index (χ2n) is 2.56. The zero-order valence-corrected chi connectivity index (χ0v) is 5.08. The quantitative estimate of drug-likeness (QED) is 0.557. The van der Waals surface area contributed by atoms with Gasteiger partial charge >= 0.3 is 5.97 Å². The first kappa shape index (κ1) is 6.55. The topological polar surface area (TPSA) is 57.5 Å². The van der Waals surface area contributed by atoms with E-state index in [2.05, 4.69) is 0 Å². The lowest BCUT2D eigenvalue weighted by Crippen LogP contribution is -2.32. The van der Waals surface area contributed by atoms with Crippen LogP contribution < -0.4 is 0 Å². The SMILES string of the molecule is O=C(O)[C@H]1C[C@H](CO)C1. The van der Waals surface area contributed by atoms with Crippen molar-refractivity contribution in [1.29, 1.82) is 0 Å². The third-order valence-electron chi connectivity index (χ3n) is 1.84. The summed E-state index contributed by atoms with van der Waals surface area (Å²) in [5.74, 6) is -0.645. The number of carboxylic acids is 1. The summed E-state index contributed by atoms with van der Waals surface area (Å²) in [5.41, 5.74) is 0. The molecule has 1 fully saturated rings. The molecule has 0 aromatic carbocycles. The Morgan fingerprint density at radius 1 is 1.56 bits per heavy atom. The molecule has 1 rings (SSSR count). The number of hydrogen-bond donors (Lipinski definition) is 2. The summed E-state index contributed by atoms with van der Waals surface area (Å²) in [6, 6.07) is 0. The van der Waals surface area contributed by atoms with E-state index in [-0.39, 0.29) is 18.4 Å². The molecule has 0 saturated heterocycles. The minimum Gasteiger partial charge on any atom is -0.481 e. The van der Waals surface area contributed by atoms with E-state index in [1.54, 1.807) is 0 Å². The zero-order valence-electron chi connectivity index (χ0n) is 5.08. The molecule has 0 aromatic heterocycles. The molecule has 0 heterocycles. The molecule has 1 saturated carbocycles. The van der Waals surface area contributed by atoms with Gasteiger partial charge < -0.3 is 10.2 Å². The Bertz CT molecular complexity index is 115. The van der Waals surface area contributed by atoms with E-state index in [0.29, 0.717) is 12.8 Å². The van der Waals surface area contributed by atoms with E-state index < -0.39 is 5.97 Å². The summed E-state index contributed by atoms with van der Waals surface area (Å²) in [6.45, 7) is 0.143. The van der Waals surface area contributed by atoms with Gasteiger partial charge in [0.25, 0.3) is 0 Å². The van der Waals surface area contributed by atoms with E-state index >= 15 is 0 Å². The second kappa shape index (κ2) is 2.35. The molecule has 0 aromatic rings. The third-order valence-corrected chi connectivity index (χ3v) is 1.84. The Labute approximate surface area is 53.3 Å². The van der Waals surface area contributed by atoms with Gasteiger partial charge in [0, 0.05) is 6.61 Å².